The van der Waals surface area contributed by atoms with Crippen LogP contribution >= 0.6 is 0 Å². The Morgan fingerprint density at radius 2 is 1.65 bits per heavy atom. The van der Waals surface area contributed by atoms with E-state index >= 15 is 0 Å². The highest BCUT2D eigenvalue weighted by atomic mass is 16.5. The van der Waals surface area contributed by atoms with Crippen molar-refractivity contribution >= 4 is 0 Å². The number of hydrogen-bond acceptors (Lipinski definition) is 4. The molecule has 1 unspecified atom stereocenters. The van der Waals surface area contributed by atoms with E-state index in [-0.39, 0.29) is 0 Å². The fourth-order valence-electron chi connectivity index (χ4n) is 2.30. The van der Waals surface area contributed by atoms with Gasteiger partial charge in [0, 0.05) is 6.54 Å². The van der Waals surface area contributed by atoms with Crippen molar-refractivity contribution in [3.05, 3.63) is 17.7 Å². The Hall–Kier alpha value is -1.42. The van der Waals surface area contributed by atoms with Crippen molar-refractivity contribution < 1.29 is 14.2 Å². The molecule has 0 fully saturated rings. The summed E-state index contributed by atoms with van der Waals surface area (Å²) in [6, 6.07) is 3.97. The van der Waals surface area contributed by atoms with Gasteiger partial charge in [-0.25, -0.2) is 0 Å². The maximum Gasteiger partial charge on any atom is 0.203 e. The monoisotopic (exact) mass is 281 g/mol. The van der Waals surface area contributed by atoms with E-state index in [1.54, 1.807) is 21.3 Å². The highest BCUT2D eigenvalue weighted by molar-refractivity contribution is 5.53. The van der Waals surface area contributed by atoms with Crippen molar-refractivity contribution in [2.45, 2.75) is 33.2 Å². The number of methoxy groups -OCH3 is 3. The van der Waals surface area contributed by atoms with Crippen LogP contribution in [0.25, 0.3) is 0 Å². The van der Waals surface area contributed by atoms with Crippen LogP contribution < -0.4 is 19.5 Å². The Balaban J connectivity index is 2.71. The van der Waals surface area contributed by atoms with Crippen LogP contribution in [0.5, 0.6) is 17.2 Å². The predicted octanol–water partition coefficient (Wildman–Crippen LogP) is 3.24. The molecule has 0 saturated heterocycles. The van der Waals surface area contributed by atoms with Crippen LogP contribution in [0.3, 0.4) is 0 Å². The highest BCUT2D eigenvalue weighted by Gasteiger charge is 2.13. The van der Waals surface area contributed by atoms with Crippen molar-refractivity contribution in [1.82, 2.24) is 5.32 Å². The SMILES string of the molecule is CCCC(C)CNCc1cc(OC)c(OC)c(OC)c1. The van der Waals surface area contributed by atoms with Gasteiger partial charge in [-0.1, -0.05) is 20.3 Å². The van der Waals surface area contributed by atoms with Crippen LogP contribution in [0, 0.1) is 5.92 Å². The van der Waals surface area contributed by atoms with E-state index in [9.17, 15) is 0 Å². The Kier molecular flexibility index (Phi) is 7.23. The first kappa shape index (κ1) is 16.6. The second kappa shape index (κ2) is 8.69. The minimum Gasteiger partial charge on any atom is -0.493 e. The summed E-state index contributed by atoms with van der Waals surface area (Å²) in [5.41, 5.74) is 1.13. The van der Waals surface area contributed by atoms with E-state index in [2.05, 4.69) is 19.2 Å². The van der Waals surface area contributed by atoms with Gasteiger partial charge in [0.1, 0.15) is 0 Å². The van der Waals surface area contributed by atoms with Gasteiger partial charge in [-0.05, 0) is 36.6 Å². The van der Waals surface area contributed by atoms with Gasteiger partial charge in [0.2, 0.25) is 5.75 Å². The average Bonchev–Trinajstić information content (AvgIpc) is 2.46. The van der Waals surface area contributed by atoms with E-state index in [0.717, 1.165) is 18.7 Å². The summed E-state index contributed by atoms with van der Waals surface area (Å²) in [6.45, 7) is 6.30. The summed E-state index contributed by atoms with van der Waals surface area (Å²) >= 11 is 0. The van der Waals surface area contributed by atoms with Gasteiger partial charge in [-0.2, -0.15) is 0 Å². The van der Waals surface area contributed by atoms with Crippen LogP contribution in [0.1, 0.15) is 32.3 Å². The lowest BCUT2D eigenvalue weighted by Crippen LogP contribution is -2.20. The number of hydrogen-bond donors (Lipinski definition) is 1. The normalized spacial score (nSPS) is 12.1. The third kappa shape index (κ3) is 4.60. The highest BCUT2D eigenvalue weighted by Crippen LogP contribution is 2.38. The summed E-state index contributed by atoms with van der Waals surface area (Å²) in [7, 11) is 4.89. The van der Waals surface area contributed by atoms with E-state index in [0.29, 0.717) is 23.2 Å². The van der Waals surface area contributed by atoms with Crippen LogP contribution in [-0.2, 0) is 6.54 Å². The number of nitrogens with one attached hydrogen (secondary N) is 1. The third-order valence-electron chi connectivity index (χ3n) is 3.33. The van der Waals surface area contributed by atoms with Crippen LogP contribution in [0.15, 0.2) is 12.1 Å². The molecule has 0 radical (unpaired) electrons. The molecular weight excluding hydrogens is 254 g/mol. The van der Waals surface area contributed by atoms with E-state index in [1.807, 2.05) is 12.1 Å². The van der Waals surface area contributed by atoms with Gasteiger partial charge < -0.3 is 19.5 Å². The molecule has 1 rings (SSSR count). The molecule has 0 aliphatic heterocycles. The molecule has 0 bridgehead atoms. The molecule has 1 atom stereocenters. The molecule has 20 heavy (non-hydrogen) atoms. The second-order valence-electron chi connectivity index (χ2n) is 5.06. The standard InChI is InChI=1S/C16H27NO3/c1-6-7-12(2)10-17-11-13-8-14(18-3)16(20-5)15(9-13)19-4/h8-9,12,17H,6-7,10-11H2,1-5H3. The zero-order chi connectivity index (χ0) is 15.0. The van der Waals surface area contributed by atoms with Gasteiger partial charge in [-0.3, -0.25) is 0 Å². The summed E-state index contributed by atoms with van der Waals surface area (Å²) < 4.78 is 16.0. The molecule has 0 aliphatic carbocycles. The molecular formula is C16H27NO3. The molecule has 0 aromatic heterocycles. The molecule has 1 aromatic rings. The molecule has 4 heteroatoms. The second-order valence-corrected chi connectivity index (χ2v) is 5.06. The average molecular weight is 281 g/mol. The summed E-state index contributed by atoms with van der Waals surface area (Å²) in [4.78, 5) is 0. The Labute approximate surface area is 122 Å². The minimum atomic E-state index is 0.637. The fraction of sp³-hybridized carbons (Fsp3) is 0.625. The maximum atomic E-state index is 5.35. The molecule has 0 spiro atoms. The lowest BCUT2D eigenvalue weighted by Gasteiger charge is -2.15. The largest absolute Gasteiger partial charge is 0.493 e. The molecule has 0 saturated carbocycles. The van der Waals surface area contributed by atoms with Crippen LogP contribution in [0.2, 0.25) is 0 Å². The van der Waals surface area contributed by atoms with E-state index in [1.165, 1.54) is 12.8 Å². The van der Waals surface area contributed by atoms with Crippen molar-refractivity contribution in [3.8, 4) is 17.2 Å². The smallest absolute Gasteiger partial charge is 0.203 e. The zero-order valence-corrected chi connectivity index (χ0v) is 13.3. The van der Waals surface area contributed by atoms with Gasteiger partial charge >= 0.3 is 0 Å². The molecule has 0 heterocycles. The fourth-order valence-corrected chi connectivity index (χ4v) is 2.30. The van der Waals surface area contributed by atoms with Crippen LogP contribution in [-0.4, -0.2) is 27.9 Å². The first-order valence-corrected chi connectivity index (χ1v) is 7.15. The van der Waals surface area contributed by atoms with Crippen molar-refractivity contribution in [1.29, 1.82) is 0 Å². The molecule has 1 N–H and O–H groups in total. The molecule has 4 nitrogen and oxygen atoms in total. The van der Waals surface area contributed by atoms with Gasteiger partial charge in [0.05, 0.1) is 21.3 Å². The predicted molar refractivity (Wildman–Crippen MR) is 81.9 cm³/mol. The van der Waals surface area contributed by atoms with Gasteiger partial charge in [0.15, 0.2) is 11.5 Å². The first-order chi connectivity index (χ1) is 9.65. The summed E-state index contributed by atoms with van der Waals surface area (Å²) in [6.07, 6.45) is 2.48. The lowest BCUT2D eigenvalue weighted by atomic mass is 10.1. The summed E-state index contributed by atoms with van der Waals surface area (Å²) in [5.74, 6) is 2.73. The Morgan fingerprint density at radius 3 is 2.10 bits per heavy atom. The summed E-state index contributed by atoms with van der Waals surface area (Å²) in [5, 5.41) is 3.47. The van der Waals surface area contributed by atoms with Gasteiger partial charge in [-0.15, -0.1) is 0 Å². The number of rotatable bonds is 9. The van der Waals surface area contributed by atoms with Crippen molar-refractivity contribution in [2.24, 2.45) is 5.92 Å². The zero-order valence-electron chi connectivity index (χ0n) is 13.3. The number of ether oxygens (including phenoxy) is 3. The molecule has 114 valence electrons. The topological polar surface area (TPSA) is 39.7 Å². The van der Waals surface area contributed by atoms with E-state index in [4.69, 9.17) is 14.2 Å². The first-order valence-electron chi connectivity index (χ1n) is 7.15. The molecule has 1 aromatic carbocycles. The van der Waals surface area contributed by atoms with Gasteiger partial charge in [0.25, 0.3) is 0 Å². The lowest BCUT2D eigenvalue weighted by molar-refractivity contribution is 0.323. The van der Waals surface area contributed by atoms with E-state index < -0.39 is 0 Å². The van der Waals surface area contributed by atoms with Crippen LogP contribution in [0.4, 0.5) is 0 Å². The maximum absolute atomic E-state index is 5.35. The quantitative estimate of drug-likeness (QED) is 0.754. The molecule has 0 amide bonds. The van der Waals surface area contributed by atoms with Crippen molar-refractivity contribution in [2.75, 3.05) is 27.9 Å². The number of benzene rings is 1. The van der Waals surface area contributed by atoms with Crippen molar-refractivity contribution in [3.63, 3.8) is 0 Å². The minimum absolute atomic E-state index is 0.637. The molecule has 0 aliphatic rings. The Bertz CT molecular complexity index is 382. The third-order valence-corrected chi connectivity index (χ3v) is 3.33. The Morgan fingerprint density at radius 1 is 1.05 bits per heavy atom.